The van der Waals surface area contributed by atoms with Crippen LogP contribution in [-0.4, -0.2) is 34.9 Å². The molecule has 0 saturated carbocycles. The van der Waals surface area contributed by atoms with Crippen molar-refractivity contribution in [2.75, 3.05) is 19.4 Å². The van der Waals surface area contributed by atoms with E-state index in [0.29, 0.717) is 18.8 Å². The minimum absolute atomic E-state index is 0.316. The molecule has 0 aliphatic carbocycles. The number of esters is 1. The van der Waals surface area contributed by atoms with Gasteiger partial charge in [-0.3, -0.25) is 0 Å². The fourth-order valence-electron chi connectivity index (χ4n) is 0.491. The van der Waals surface area contributed by atoms with E-state index in [0.717, 1.165) is 15.7 Å². The lowest BCUT2D eigenvalue weighted by molar-refractivity contribution is -0.140. The first kappa shape index (κ1) is 11.4. The second-order valence-electron chi connectivity index (χ2n) is 2.32. The van der Waals surface area contributed by atoms with Crippen LogP contribution in [0.3, 0.4) is 0 Å². The highest BCUT2D eigenvalue weighted by Crippen LogP contribution is 1.91. The van der Waals surface area contributed by atoms with Gasteiger partial charge in [0.15, 0.2) is 0 Å². The Morgan fingerprint density at radius 1 is 1.50 bits per heavy atom. The third kappa shape index (κ3) is 6.12. The Labute approximate surface area is 75.6 Å². The predicted molar refractivity (Wildman–Crippen MR) is 48.2 cm³/mol. The number of carbonyl (C=O) groups is 1. The number of carbonyl (C=O) groups excluding carboxylic acids is 1. The zero-order valence-corrected chi connectivity index (χ0v) is 8.55. The van der Waals surface area contributed by atoms with E-state index in [4.69, 9.17) is 9.47 Å². The van der Waals surface area contributed by atoms with Gasteiger partial charge in [0.05, 0.1) is 16.1 Å². The first-order valence-corrected chi connectivity index (χ1v) is 5.44. The highest BCUT2D eigenvalue weighted by atomic mass is 28.2. The van der Waals surface area contributed by atoms with Crippen LogP contribution in [0.1, 0.15) is 6.92 Å². The van der Waals surface area contributed by atoms with Crippen LogP contribution in [-0.2, 0) is 14.3 Å². The predicted octanol–water partition coefficient (Wildman–Crippen LogP) is 0.832. The minimum Gasteiger partial charge on any atom is -0.460 e. The van der Waals surface area contributed by atoms with E-state index in [2.05, 4.69) is 13.1 Å². The van der Waals surface area contributed by atoms with Crippen molar-refractivity contribution in [3.8, 4) is 0 Å². The normalized spacial score (nSPS) is 9.50. The van der Waals surface area contributed by atoms with Gasteiger partial charge in [0.25, 0.3) is 0 Å². The van der Waals surface area contributed by atoms with Crippen molar-refractivity contribution in [2.24, 2.45) is 0 Å². The molecule has 0 aromatic carbocycles. The molecule has 0 unspecified atom stereocenters. The summed E-state index contributed by atoms with van der Waals surface area (Å²) in [6, 6.07) is 0. The van der Waals surface area contributed by atoms with Crippen molar-refractivity contribution in [3.63, 3.8) is 0 Å². The molecule has 0 saturated heterocycles. The molecule has 68 valence electrons. The van der Waals surface area contributed by atoms with Crippen LogP contribution in [0.25, 0.3) is 0 Å². The van der Waals surface area contributed by atoms with E-state index in [9.17, 15) is 4.79 Å². The summed E-state index contributed by atoms with van der Waals surface area (Å²) in [5.74, 6) is -0.349. The van der Waals surface area contributed by atoms with E-state index in [1.807, 2.05) is 0 Å². The average molecular weight is 186 g/mol. The van der Waals surface area contributed by atoms with E-state index in [-0.39, 0.29) is 5.97 Å². The second kappa shape index (κ2) is 7.06. The quantitative estimate of drug-likeness (QED) is 0.267. The molecular weight excluding hydrogens is 172 g/mol. The molecular formula is C8H14O3Si. The van der Waals surface area contributed by atoms with Gasteiger partial charge in [0.2, 0.25) is 0 Å². The van der Waals surface area contributed by atoms with Crippen LogP contribution >= 0.6 is 0 Å². The summed E-state index contributed by atoms with van der Waals surface area (Å²) in [5, 5.41) is 0. The number of hydrogen-bond donors (Lipinski definition) is 0. The largest absolute Gasteiger partial charge is 0.460 e. The fourth-order valence-corrected chi connectivity index (χ4v) is 0.839. The third-order valence-corrected chi connectivity index (χ3v) is 1.55. The van der Waals surface area contributed by atoms with Gasteiger partial charge in [-0.2, -0.15) is 0 Å². The van der Waals surface area contributed by atoms with Crippen molar-refractivity contribution in [1.29, 1.82) is 0 Å². The van der Waals surface area contributed by atoms with Crippen molar-refractivity contribution in [1.82, 2.24) is 0 Å². The summed E-state index contributed by atoms with van der Waals surface area (Å²) in [4.78, 5) is 10.8. The van der Waals surface area contributed by atoms with Crippen LogP contribution in [0.2, 0.25) is 6.55 Å². The molecule has 4 heteroatoms. The fraction of sp³-hybridized carbons (Fsp3) is 0.625. The summed E-state index contributed by atoms with van der Waals surface area (Å²) >= 11 is 0. The monoisotopic (exact) mass is 186 g/mol. The highest BCUT2D eigenvalue weighted by molar-refractivity contribution is 6.33. The maximum atomic E-state index is 10.8. The van der Waals surface area contributed by atoms with Gasteiger partial charge < -0.3 is 9.47 Å². The van der Waals surface area contributed by atoms with Gasteiger partial charge in [-0.1, -0.05) is 13.1 Å². The maximum absolute atomic E-state index is 10.8. The van der Waals surface area contributed by atoms with Crippen molar-refractivity contribution in [2.45, 2.75) is 13.5 Å². The molecule has 0 aromatic heterocycles. The zero-order valence-electron chi connectivity index (χ0n) is 7.55. The zero-order chi connectivity index (χ0) is 9.40. The highest BCUT2D eigenvalue weighted by Gasteiger charge is 2.01. The van der Waals surface area contributed by atoms with Crippen molar-refractivity contribution in [3.05, 3.63) is 12.2 Å². The molecule has 0 aliphatic heterocycles. The lowest BCUT2D eigenvalue weighted by Crippen LogP contribution is -2.12. The molecule has 0 amide bonds. The second-order valence-corrected chi connectivity index (χ2v) is 3.32. The molecule has 0 aliphatic rings. The molecule has 0 aromatic rings. The summed E-state index contributed by atoms with van der Waals surface area (Å²) in [6.45, 7) is 7.92. The molecule has 0 N–H and O–H groups in total. The molecule has 0 spiro atoms. The van der Waals surface area contributed by atoms with Crippen LogP contribution in [0.4, 0.5) is 0 Å². The molecule has 0 bridgehead atoms. The lowest BCUT2D eigenvalue weighted by atomic mass is 10.4. The summed E-state index contributed by atoms with van der Waals surface area (Å²) in [5.41, 5.74) is 0.423. The molecule has 3 nitrogen and oxygen atoms in total. The van der Waals surface area contributed by atoms with Crippen LogP contribution < -0.4 is 0 Å². The number of ether oxygens (including phenoxy) is 2. The smallest absolute Gasteiger partial charge is 0.333 e. The number of hydrogen-bond acceptors (Lipinski definition) is 3. The summed E-state index contributed by atoms with van der Waals surface area (Å²) in [7, 11) is 0.779. The topological polar surface area (TPSA) is 35.5 Å². The Hall–Kier alpha value is -0.613. The standard InChI is InChI=1S/C8H14O3Si/c1-7(2)8(9)11-5-4-10-6-12-3/h1,4-6H2,2-3H3. The first-order chi connectivity index (χ1) is 5.68. The van der Waals surface area contributed by atoms with Crippen LogP contribution in [0.5, 0.6) is 0 Å². The van der Waals surface area contributed by atoms with Gasteiger partial charge in [-0.15, -0.1) is 0 Å². The Kier molecular flexibility index (Phi) is 6.70. The molecule has 0 rings (SSSR count). The maximum Gasteiger partial charge on any atom is 0.333 e. The van der Waals surface area contributed by atoms with E-state index in [1.165, 1.54) is 0 Å². The molecule has 0 fully saturated rings. The van der Waals surface area contributed by atoms with Crippen molar-refractivity contribution < 1.29 is 14.3 Å². The Morgan fingerprint density at radius 3 is 2.67 bits per heavy atom. The molecule has 2 radical (unpaired) electrons. The minimum atomic E-state index is -0.349. The summed E-state index contributed by atoms with van der Waals surface area (Å²) in [6.07, 6.45) is 0.741. The molecule has 0 atom stereocenters. The Balaban J connectivity index is 3.20. The van der Waals surface area contributed by atoms with Gasteiger partial charge >= 0.3 is 5.97 Å². The average Bonchev–Trinajstić information content (AvgIpc) is 2.03. The van der Waals surface area contributed by atoms with Crippen LogP contribution in [0.15, 0.2) is 12.2 Å². The Bertz CT molecular complexity index is 156. The van der Waals surface area contributed by atoms with E-state index in [1.54, 1.807) is 6.92 Å². The van der Waals surface area contributed by atoms with E-state index < -0.39 is 0 Å². The van der Waals surface area contributed by atoms with E-state index >= 15 is 0 Å². The molecule has 0 heterocycles. The lowest BCUT2D eigenvalue weighted by Gasteiger charge is -2.03. The number of rotatable bonds is 6. The van der Waals surface area contributed by atoms with Crippen molar-refractivity contribution >= 4 is 15.5 Å². The van der Waals surface area contributed by atoms with Gasteiger partial charge in [0, 0.05) is 11.8 Å². The first-order valence-electron chi connectivity index (χ1n) is 3.73. The third-order valence-electron chi connectivity index (χ3n) is 1.06. The van der Waals surface area contributed by atoms with Gasteiger partial charge in [-0.25, -0.2) is 4.79 Å². The SMILES string of the molecule is C=C(C)C(=O)OCCOC[Si]C. The molecule has 12 heavy (non-hydrogen) atoms. The van der Waals surface area contributed by atoms with Crippen LogP contribution in [0, 0.1) is 0 Å². The Morgan fingerprint density at radius 2 is 2.17 bits per heavy atom. The van der Waals surface area contributed by atoms with Gasteiger partial charge in [0.1, 0.15) is 6.61 Å². The van der Waals surface area contributed by atoms with Gasteiger partial charge in [-0.05, 0) is 6.92 Å². The summed E-state index contributed by atoms with van der Waals surface area (Å²) < 4.78 is 9.91.